The maximum atomic E-state index is 11.3. The van der Waals surface area contributed by atoms with Gasteiger partial charge in [-0.15, -0.1) is 14.8 Å². The van der Waals surface area contributed by atoms with E-state index in [0.717, 1.165) is 0 Å². The van der Waals surface area contributed by atoms with Gasteiger partial charge in [-0.1, -0.05) is 0 Å². The minimum atomic E-state index is -0.968. The van der Waals surface area contributed by atoms with E-state index in [0.29, 0.717) is 11.5 Å². The maximum Gasteiger partial charge on any atom is 0.311 e. The Morgan fingerprint density at radius 1 is 1.32 bits per heavy atom. The Kier molecular flexibility index (Phi) is 2.88. The normalized spacial score (nSPS) is 12.6. The van der Waals surface area contributed by atoms with Gasteiger partial charge in [-0.25, -0.2) is 0 Å². The van der Waals surface area contributed by atoms with E-state index in [1.807, 2.05) is 13.8 Å². The van der Waals surface area contributed by atoms with Crippen LogP contribution in [0.1, 0.15) is 27.7 Å². The van der Waals surface area contributed by atoms with Crippen molar-refractivity contribution in [1.82, 2.24) is 25.3 Å². The number of fused-ring (bicyclic) bond motifs is 1. The Balaban J connectivity index is 2.31. The minimum absolute atomic E-state index is 0.513. The highest BCUT2D eigenvalue weighted by molar-refractivity contribution is 5.76. The van der Waals surface area contributed by atoms with E-state index in [9.17, 15) is 9.90 Å². The molecule has 0 fully saturated rings. The summed E-state index contributed by atoms with van der Waals surface area (Å²) in [7, 11) is 0. The Labute approximate surface area is 109 Å². The van der Waals surface area contributed by atoms with Crippen molar-refractivity contribution < 1.29 is 9.90 Å². The molecule has 0 unspecified atom stereocenters. The summed E-state index contributed by atoms with van der Waals surface area (Å²) in [6.45, 7) is 6.95. The predicted molar refractivity (Wildman–Crippen MR) is 67.7 cm³/mol. The Hall–Kier alpha value is -2.25. The Bertz CT molecular complexity index is 618. The lowest BCUT2D eigenvalue weighted by molar-refractivity contribution is -0.149. The van der Waals surface area contributed by atoms with Crippen LogP contribution in [0.4, 0.5) is 5.82 Å². The van der Waals surface area contributed by atoms with Crippen LogP contribution in [0.25, 0.3) is 5.65 Å². The molecule has 8 nitrogen and oxygen atoms in total. The molecule has 0 spiro atoms. The summed E-state index contributed by atoms with van der Waals surface area (Å²) < 4.78 is 1.28. The summed E-state index contributed by atoms with van der Waals surface area (Å²) in [5.74, 6) is -0.368. The fourth-order valence-electron chi connectivity index (χ4n) is 1.46. The lowest BCUT2D eigenvalue weighted by Crippen LogP contribution is -2.50. The minimum Gasteiger partial charge on any atom is -0.481 e. The van der Waals surface area contributed by atoms with Gasteiger partial charge in [0.15, 0.2) is 5.65 Å². The quantitative estimate of drug-likeness (QED) is 0.842. The molecule has 0 atom stereocenters. The molecule has 0 saturated carbocycles. The van der Waals surface area contributed by atoms with Crippen LogP contribution in [0.2, 0.25) is 0 Å². The topological polar surface area (TPSA) is 105 Å². The number of hydrogen-bond acceptors (Lipinski definition) is 6. The van der Waals surface area contributed by atoms with Crippen molar-refractivity contribution in [2.45, 2.75) is 33.2 Å². The van der Waals surface area contributed by atoms with Crippen LogP contribution in [0.3, 0.4) is 0 Å². The summed E-state index contributed by atoms with van der Waals surface area (Å²) in [4.78, 5) is 11.3. The van der Waals surface area contributed by atoms with E-state index < -0.39 is 16.9 Å². The van der Waals surface area contributed by atoms with Crippen LogP contribution in [0.15, 0.2) is 12.1 Å². The van der Waals surface area contributed by atoms with Gasteiger partial charge in [-0.2, -0.15) is 0 Å². The van der Waals surface area contributed by atoms with Crippen molar-refractivity contribution in [3.8, 4) is 0 Å². The van der Waals surface area contributed by atoms with Crippen molar-refractivity contribution in [2.75, 3.05) is 5.32 Å². The van der Waals surface area contributed by atoms with Crippen LogP contribution in [-0.4, -0.2) is 41.9 Å². The molecule has 0 aromatic carbocycles. The van der Waals surface area contributed by atoms with Gasteiger partial charge in [0.1, 0.15) is 5.82 Å². The van der Waals surface area contributed by atoms with Gasteiger partial charge in [0.25, 0.3) is 0 Å². The molecule has 2 rings (SSSR count). The zero-order valence-corrected chi connectivity index (χ0v) is 11.2. The predicted octanol–water partition coefficient (Wildman–Crippen LogP) is 0.821. The van der Waals surface area contributed by atoms with Crippen molar-refractivity contribution in [2.24, 2.45) is 5.41 Å². The van der Waals surface area contributed by atoms with E-state index in [2.05, 4.69) is 25.9 Å². The number of carboxylic acids is 1. The molecule has 19 heavy (non-hydrogen) atoms. The summed E-state index contributed by atoms with van der Waals surface area (Å²) in [6.07, 6.45) is 0. The molecule has 8 heteroatoms. The second kappa shape index (κ2) is 4.15. The number of anilines is 1. The monoisotopic (exact) mass is 264 g/mol. The van der Waals surface area contributed by atoms with Crippen LogP contribution in [0, 0.1) is 5.41 Å². The van der Waals surface area contributed by atoms with Gasteiger partial charge >= 0.3 is 5.97 Å². The van der Waals surface area contributed by atoms with Gasteiger partial charge < -0.3 is 10.4 Å². The third kappa shape index (κ3) is 2.20. The van der Waals surface area contributed by atoms with E-state index in [1.165, 1.54) is 4.63 Å². The zero-order chi connectivity index (χ0) is 14.3. The fraction of sp³-hybridized carbons (Fsp3) is 0.545. The van der Waals surface area contributed by atoms with E-state index in [4.69, 9.17) is 0 Å². The Morgan fingerprint density at radius 3 is 2.63 bits per heavy atom. The van der Waals surface area contributed by atoms with Crippen LogP contribution in [-0.2, 0) is 4.79 Å². The number of hydrogen-bond donors (Lipinski definition) is 2. The molecule has 2 aromatic rings. The number of aliphatic carboxylic acids is 1. The van der Waals surface area contributed by atoms with Crippen molar-refractivity contribution in [1.29, 1.82) is 0 Å². The third-order valence-corrected chi connectivity index (χ3v) is 3.61. The highest BCUT2D eigenvalue weighted by atomic mass is 16.4. The first-order chi connectivity index (χ1) is 8.74. The second-order valence-corrected chi connectivity index (χ2v) is 5.43. The first-order valence-corrected chi connectivity index (χ1v) is 5.81. The SMILES string of the molecule is CC(C)(Nc1ccc2nnnn2n1)C(C)(C)C(=O)O. The van der Waals surface area contributed by atoms with E-state index >= 15 is 0 Å². The molecular formula is C11H16N6O2. The van der Waals surface area contributed by atoms with Crippen molar-refractivity contribution >= 4 is 17.4 Å². The lowest BCUT2D eigenvalue weighted by Gasteiger charge is -2.39. The number of nitrogens with one attached hydrogen (secondary N) is 1. The summed E-state index contributed by atoms with van der Waals surface area (Å²) >= 11 is 0. The average molecular weight is 264 g/mol. The third-order valence-electron chi connectivity index (χ3n) is 3.61. The molecule has 0 aliphatic heterocycles. The molecule has 0 saturated heterocycles. The first kappa shape index (κ1) is 13.2. The molecule has 0 aliphatic carbocycles. The van der Waals surface area contributed by atoms with Crippen molar-refractivity contribution in [3.63, 3.8) is 0 Å². The summed E-state index contributed by atoms with van der Waals surface area (Å²) in [5, 5.41) is 27.5. The molecule has 102 valence electrons. The maximum absolute atomic E-state index is 11.3. The highest BCUT2D eigenvalue weighted by Crippen LogP contribution is 2.33. The molecular weight excluding hydrogens is 248 g/mol. The fourth-order valence-corrected chi connectivity index (χ4v) is 1.46. The summed E-state index contributed by atoms with van der Waals surface area (Å²) in [6, 6.07) is 3.42. The molecule has 0 amide bonds. The molecule has 0 aliphatic rings. The smallest absolute Gasteiger partial charge is 0.311 e. The summed E-state index contributed by atoms with van der Waals surface area (Å²) in [5.41, 5.74) is -1.14. The van der Waals surface area contributed by atoms with Gasteiger partial charge in [-0.3, -0.25) is 4.79 Å². The number of tetrazole rings is 1. The van der Waals surface area contributed by atoms with Gasteiger partial charge in [-0.05, 0) is 50.3 Å². The highest BCUT2D eigenvalue weighted by Gasteiger charge is 2.43. The molecule has 0 radical (unpaired) electrons. The van der Waals surface area contributed by atoms with E-state index in [1.54, 1.807) is 26.0 Å². The van der Waals surface area contributed by atoms with Crippen LogP contribution >= 0.6 is 0 Å². The van der Waals surface area contributed by atoms with Gasteiger partial charge in [0, 0.05) is 5.54 Å². The number of nitrogens with zero attached hydrogens (tertiary/aromatic N) is 5. The molecule has 0 bridgehead atoms. The molecule has 2 aromatic heterocycles. The zero-order valence-electron chi connectivity index (χ0n) is 11.2. The second-order valence-electron chi connectivity index (χ2n) is 5.43. The first-order valence-electron chi connectivity index (χ1n) is 5.81. The van der Waals surface area contributed by atoms with Crippen LogP contribution < -0.4 is 5.32 Å². The standard InChI is InChI=1S/C11H16N6O2/c1-10(2,9(18)19)11(3,4)12-7-5-6-8-13-15-16-17(8)14-7/h5-6H,1-4H3,(H,12,14)(H,18,19). The number of rotatable bonds is 4. The molecule has 2 N–H and O–H groups in total. The molecule has 2 heterocycles. The van der Waals surface area contributed by atoms with Gasteiger partial charge in [0.2, 0.25) is 0 Å². The van der Waals surface area contributed by atoms with Crippen molar-refractivity contribution in [3.05, 3.63) is 12.1 Å². The Morgan fingerprint density at radius 2 is 2.00 bits per heavy atom. The number of carboxylic acid groups (broad SMARTS) is 1. The average Bonchev–Trinajstić information content (AvgIpc) is 2.75. The number of carbonyl (C=O) groups is 1. The number of aromatic nitrogens is 5. The van der Waals surface area contributed by atoms with Crippen LogP contribution in [0.5, 0.6) is 0 Å². The van der Waals surface area contributed by atoms with E-state index in [-0.39, 0.29) is 0 Å². The largest absolute Gasteiger partial charge is 0.481 e. The van der Waals surface area contributed by atoms with Gasteiger partial charge in [0.05, 0.1) is 5.41 Å². The lowest BCUT2D eigenvalue weighted by atomic mass is 9.74.